The maximum Gasteiger partial charge on any atom is 0.224 e. The predicted molar refractivity (Wildman–Crippen MR) is 87.2 cm³/mol. The molecular formula is C16H22N4O. The molecule has 2 aromatic rings. The highest BCUT2D eigenvalue weighted by atomic mass is 16.2. The quantitative estimate of drug-likeness (QED) is 0.800. The second-order valence-electron chi connectivity index (χ2n) is 4.89. The number of anilines is 2. The van der Waals surface area contributed by atoms with E-state index in [1.54, 1.807) is 0 Å². The lowest BCUT2D eigenvalue weighted by Gasteiger charge is -2.18. The van der Waals surface area contributed by atoms with Crippen molar-refractivity contribution in [2.24, 2.45) is 0 Å². The first-order valence-electron chi connectivity index (χ1n) is 7.32. The molecule has 0 bridgehead atoms. The number of nitrogen functional groups attached to an aromatic ring is 1. The van der Waals surface area contributed by atoms with Gasteiger partial charge < -0.3 is 16.0 Å². The van der Waals surface area contributed by atoms with E-state index in [4.69, 9.17) is 5.73 Å². The van der Waals surface area contributed by atoms with Gasteiger partial charge >= 0.3 is 0 Å². The van der Waals surface area contributed by atoms with Crippen LogP contribution in [0.3, 0.4) is 0 Å². The summed E-state index contributed by atoms with van der Waals surface area (Å²) in [4.78, 5) is 18.2. The van der Waals surface area contributed by atoms with Crippen LogP contribution in [0, 0.1) is 0 Å². The molecule has 3 N–H and O–H groups in total. The van der Waals surface area contributed by atoms with Crippen molar-refractivity contribution in [3.63, 3.8) is 0 Å². The Morgan fingerprint density at radius 2 is 2.00 bits per heavy atom. The fraction of sp³-hybridized carbons (Fsp3) is 0.375. The fourth-order valence-electron chi connectivity index (χ4n) is 2.27. The number of carbonyl (C=O) groups excluding carboxylic acids is 1. The van der Waals surface area contributed by atoms with E-state index in [-0.39, 0.29) is 5.91 Å². The number of nitrogens with two attached hydrogens (primary N) is 1. The van der Waals surface area contributed by atoms with Crippen LogP contribution < -0.4 is 11.1 Å². The Bertz CT molecular complexity index is 623. The summed E-state index contributed by atoms with van der Waals surface area (Å²) in [7, 11) is 0. The summed E-state index contributed by atoms with van der Waals surface area (Å²) in [5.41, 5.74) is 7.37. The maximum absolute atomic E-state index is 11.9. The molecule has 1 heterocycles. The van der Waals surface area contributed by atoms with Crippen LogP contribution in [0.25, 0.3) is 10.9 Å². The van der Waals surface area contributed by atoms with Crippen molar-refractivity contribution < 1.29 is 4.79 Å². The van der Waals surface area contributed by atoms with Crippen molar-refractivity contribution in [1.29, 1.82) is 0 Å². The molecule has 1 amide bonds. The van der Waals surface area contributed by atoms with Crippen molar-refractivity contribution in [2.75, 3.05) is 30.7 Å². The van der Waals surface area contributed by atoms with E-state index in [0.717, 1.165) is 35.5 Å². The van der Waals surface area contributed by atoms with Crippen LogP contribution in [0.4, 0.5) is 11.5 Å². The summed E-state index contributed by atoms with van der Waals surface area (Å²) in [5, 5.41) is 4.21. The van der Waals surface area contributed by atoms with Crippen molar-refractivity contribution in [3.05, 3.63) is 30.3 Å². The van der Waals surface area contributed by atoms with Gasteiger partial charge in [0.2, 0.25) is 5.91 Å². The Kier molecular flexibility index (Phi) is 4.98. The van der Waals surface area contributed by atoms with Crippen LogP contribution in [0.1, 0.15) is 20.3 Å². The molecule has 1 aromatic heterocycles. The van der Waals surface area contributed by atoms with Crippen molar-refractivity contribution >= 4 is 28.3 Å². The van der Waals surface area contributed by atoms with Crippen LogP contribution in [0.5, 0.6) is 0 Å². The summed E-state index contributed by atoms with van der Waals surface area (Å²) >= 11 is 0. The molecule has 0 atom stereocenters. The number of fused-ring (bicyclic) bond motifs is 1. The zero-order chi connectivity index (χ0) is 15.2. The van der Waals surface area contributed by atoms with Crippen molar-refractivity contribution in [2.45, 2.75) is 20.3 Å². The molecule has 1 aromatic carbocycles. The lowest BCUT2D eigenvalue weighted by atomic mass is 10.2. The SMILES string of the molecule is CCN(CC)C(=O)CCNc1ccc2cc(N)ccc2n1. The van der Waals surface area contributed by atoms with Crippen LogP contribution in [0.2, 0.25) is 0 Å². The average Bonchev–Trinajstić information content (AvgIpc) is 2.48. The third kappa shape index (κ3) is 3.84. The van der Waals surface area contributed by atoms with Crippen LogP contribution in [-0.2, 0) is 4.79 Å². The van der Waals surface area contributed by atoms with Gasteiger partial charge in [0.25, 0.3) is 0 Å². The normalized spacial score (nSPS) is 10.6. The van der Waals surface area contributed by atoms with Crippen molar-refractivity contribution in [3.8, 4) is 0 Å². The Morgan fingerprint density at radius 1 is 1.24 bits per heavy atom. The van der Waals surface area contributed by atoms with Crippen molar-refractivity contribution in [1.82, 2.24) is 9.88 Å². The molecule has 2 rings (SSSR count). The number of benzene rings is 1. The van der Waals surface area contributed by atoms with E-state index in [2.05, 4.69) is 10.3 Å². The summed E-state index contributed by atoms with van der Waals surface area (Å²) in [5.74, 6) is 0.945. The monoisotopic (exact) mass is 286 g/mol. The number of pyridine rings is 1. The molecule has 0 aliphatic heterocycles. The van der Waals surface area contributed by atoms with Gasteiger partial charge in [-0.3, -0.25) is 4.79 Å². The zero-order valence-corrected chi connectivity index (χ0v) is 12.6. The lowest BCUT2D eigenvalue weighted by molar-refractivity contribution is -0.130. The van der Waals surface area contributed by atoms with Crippen LogP contribution in [0.15, 0.2) is 30.3 Å². The summed E-state index contributed by atoms with van der Waals surface area (Å²) in [6.07, 6.45) is 0.475. The highest BCUT2D eigenvalue weighted by molar-refractivity contribution is 5.83. The lowest BCUT2D eigenvalue weighted by Crippen LogP contribution is -2.31. The molecule has 0 aliphatic carbocycles. The zero-order valence-electron chi connectivity index (χ0n) is 12.6. The van der Waals surface area contributed by atoms with Gasteiger partial charge in [-0.1, -0.05) is 0 Å². The summed E-state index contributed by atoms with van der Waals surface area (Å²) in [6.45, 7) is 6.08. The maximum atomic E-state index is 11.9. The molecular weight excluding hydrogens is 264 g/mol. The second kappa shape index (κ2) is 6.92. The Hall–Kier alpha value is -2.30. The Morgan fingerprint density at radius 3 is 2.71 bits per heavy atom. The molecule has 112 valence electrons. The molecule has 0 unspecified atom stereocenters. The molecule has 0 radical (unpaired) electrons. The van der Waals surface area contributed by atoms with Gasteiger partial charge in [0, 0.05) is 37.1 Å². The molecule has 0 saturated heterocycles. The number of aromatic nitrogens is 1. The van der Waals surface area contributed by atoms with E-state index in [1.807, 2.05) is 49.1 Å². The first kappa shape index (κ1) is 15.1. The summed E-state index contributed by atoms with van der Waals surface area (Å²) < 4.78 is 0. The summed E-state index contributed by atoms with van der Waals surface area (Å²) in [6, 6.07) is 9.52. The van der Waals surface area contributed by atoms with Gasteiger partial charge in [0.05, 0.1) is 5.52 Å². The molecule has 5 nitrogen and oxygen atoms in total. The molecule has 5 heteroatoms. The minimum absolute atomic E-state index is 0.168. The predicted octanol–water partition coefficient (Wildman–Crippen LogP) is 2.49. The van der Waals surface area contributed by atoms with Gasteiger partial charge in [-0.2, -0.15) is 0 Å². The number of nitrogens with one attached hydrogen (secondary N) is 1. The van der Waals surface area contributed by atoms with Gasteiger partial charge in [0.1, 0.15) is 5.82 Å². The van der Waals surface area contributed by atoms with E-state index >= 15 is 0 Å². The largest absolute Gasteiger partial charge is 0.399 e. The molecule has 0 aliphatic rings. The number of hydrogen-bond acceptors (Lipinski definition) is 4. The minimum Gasteiger partial charge on any atom is -0.399 e. The molecule has 21 heavy (non-hydrogen) atoms. The van der Waals surface area contributed by atoms with Gasteiger partial charge in [-0.05, 0) is 44.2 Å². The standard InChI is InChI=1S/C16H22N4O/c1-3-20(4-2)16(21)9-10-18-15-8-5-12-11-13(17)6-7-14(12)19-15/h5-8,11H,3-4,9-10,17H2,1-2H3,(H,18,19). The van der Waals surface area contributed by atoms with Crippen LogP contribution in [-0.4, -0.2) is 35.4 Å². The second-order valence-corrected chi connectivity index (χ2v) is 4.89. The van der Waals surface area contributed by atoms with E-state index in [1.165, 1.54) is 0 Å². The minimum atomic E-state index is 0.168. The third-order valence-electron chi connectivity index (χ3n) is 3.47. The first-order chi connectivity index (χ1) is 10.1. The van der Waals surface area contributed by atoms with Crippen LogP contribution >= 0.6 is 0 Å². The van der Waals surface area contributed by atoms with Gasteiger partial charge in [-0.15, -0.1) is 0 Å². The number of rotatable bonds is 6. The van der Waals surface area contributed by atoms with E-state index in [9.17, 15) is 4.79 Å². The number of nitrogens with zero attached hydrogens (tertiary/aromatic N) is 2. The van der Waals surface area contributed by atoms with E-state index in [0.29, 0.717) is 13.0 Å². The fourth-order valence-corrected chi connectivity index (χ4v) is 2.27. The highest BCUT2D eigenvalue weighted by Crippen LogP contribution is 2.17. The number of amides is 1. The molecule has 0 saturated carbocycles. The Labute approximate surface area is 125 Å². The number of carbonyl (C=O) groups is 1. The highest BCUT2D eigenvalue weighted by Gasteiger charge is 2.08. The first-order valence-corrected chi connectivity index (χ1v) is 7.32. The van der Waals surface area contributed by atoms with Gasteiger partial charge in [0.15, 0.2) is 0 Å². The van der Waals surface area contributed by atoms with E-state index < -0.39 is 0 Å². The molecule has 0 spiro atoms. The number of hydrogen-bond donors (Lipinski definition) is 2. The molecule has 0 fully saturated rings. The Balaban J connectivity index is 1.95. The third-order valence-corrected chi connectivity index (χ3v) is 3.47. The smallest absolute Gasteiger partial charge is 0.224 e. The topological polar surface area (TPSA) is 71.2 Å². The average molecular weight is 286 g/mol. The van der Waals surface area contributed by atoms with Gasteiger partial charge in [-0.25, -0.2) is 4.98 Å².